The Balaban J connectivity index is 1.80. The molecule has 1 atom stereocenters. The van der Waals surface area contributed by atoms with Crippen LogP contribution in [0.25, 0.3) is 10.9 Å². The van der Waals surface area contributed by atoms with Crippen LogP contribution < -0.4 is 10.6 Å². The lowest BCUT2D eigenvalue weighted by molar-refractivity contribution is 0.0920. The standard InChI is InChI=1S/C29H30F2N4O3/c1-17(2)27-26(29(38)33-14-19-10-21(30)13-22(31)11-19)24-8-7-20(28(37)34-18(3)16-36)12-25(24)35(27)15-23-6-4-5-9-32-23/h4-13,17-18,36H,14-16H2,1-3H3,(H,33,38)(H,34,37). The quantitative estimate of drug-likeness (QED) is 0.302. The largest absolute Gasteiger partial charge is 0.394 e. The van der Waals surface area contributed by atoms with Crippen LogP contribution in [-0.4, -0.2) is 39.1 Å². The number of aromatic nitrogens is 2. The van der Waals surface area contributed by atoms with Crippen molar-refractivity contribution in [3.05, 3.63) is 101 Å². The van der Waals surface area contributed by atoms with E-state index in [9.17, 15) is 23.5 Å². The summed E-state index contributed by atoms with van der Waals surface area (Å²) >= 11 is 0. The van der Waals surface area contributed by atoms with E-state index < -0.39 is 23.6 Å². The molecule has 1 unspecified atom stereocenters. The predicted molar refractivity (Wildman–Crippen MR) is 141 cm³/mol. The number of carbonyl (C=O) groups excluding carboxylic acids is 2. The van der Waals surface area contributed by atoms with Gasteiger partial charge in [-0.15, -0.1) is 0 Å². The Bertz CT molecular complexity index is 1450. The van der Waals surface area contributed by atoms with E-state index >= 15 is 0 Å². The molecule has 0 aliphatic carbocycles. The number of rotatable bonds is 9. The molecular formula is C29H30F2N4O3. The van der Waals surface area contributed by atoms with Crippen molar-refractivity contribution in [3.63, 3.8) is 0 Å². The van der Waals surface area contributed by atoms with Crippen LogP contribution in [0.4, 0.5) is 8.78 Å². The van der Waals surface area contributed by atoms with Gasteiger partial charge in [-0.2, -0.15) is 0 Å². The zero-order chi connectivity index (χ0) is 27.4. The number of pyridine rings is 1. The van der Waals surface area contributed by atoms with E-state index in [1.165, 1.54) is 12.1 Å². The molecule has 0 fully saturated rings. The second-order valence-corrected chi connectivity index (χ2v) is 9.57. The maximum absolute atomic E-state index is 13.7. The molecule has 198 valence electrons. The fourth-order valence-electron chi connectivity index (χ4n) is 4.51. The van der Waals surface area contributed by atoms with E-state index in [2.05, 4.69) is 15.6 Å². The van der Waals surface area contributed by atoms with E-state index in [4.69, 9.17) is 0 Å². The lowest BCUT2D eigenvalue weighted by Gasteiger charge is -2.15. The molecule has 0 bridgehead atoms. The van der Waals surface area contributed by atoms with Crippen molar-refractivity contribution in [3.8, 4) is 0 Å². The number of nitrogens with zero attached hydrogens (tertiary/aromatic N) is 2. The minimum atomic E-state index is -0.717. The zero-order valence-corrected chi connectivity index (χ0v) is 21.5. The molecule has 3 N–H and O–H groups in total. The van der Waals surface area contributed by atoms with Crippen molar-refractivity contribution in [2.45, 2.75) is 45.8 Å². The van der Waals surface area contributed by atoms with Crippen molar-refractivity contribution in [1.82, 2.24) is 20.2 Å². The normalized spacial score (nSPS) is 12.1. The Kier molecular flexibility index (Phi) is 8.16. The maximum atomic E-state index is 13.7. The molecule has 0 radical (unpaired) electrons. The molecule has 0 saturated carbocycles. The van der Waals surface area contributed by atoms with Crippen LogP contribution in [0, 0.1) is 11.6 Å². The Labute approximate surface area is 219 Å². The van der Waals surface area contributed by atoms with Gasteiger partial charge in [0.05, 0.1) is 29.9 Å². The van der Waals surface area contributed by atoms with E-state index in [-0.39, 0.29) is 25.0 Å². The van der Waals surface area contributed by atoms with E-state index in [0.717, 1.165) is 17.5 Å². The molecule has 2 aromatic heterocycles. The van der Waals surface area contributed by atoms with Crippen molar-refractivity contribution in [1.29, 1.82) is 0 Å². The number of halogens is 2. The highest BCUT2D eigenvalue weighted by Crippen LogP contribution is 2.33. The number of hydrogen-bond acceptors (Lipinski definition) is 4. The van der Waals surface area contributed by atoms with Crippen LogP contribution in [0.15, 0.2) is 60.8 Å². The first-order chi connectivity index (χ1) is 18.2. The summed E-state index contributed by atoms with van der Waals surface area (Å²) in [6.45, 7) is 5.75. The summed E-state index contributed by atoms with van der Waals surface area (Å²) in [7, 11) is 0. The van der Waals surface area contributed by atoms with Crippen molar-refractivity contribution in [2.75, 3.05) is 6.61 Å². The van der Waals surface area contributed by atoms with Crippen LogP contribution in [-0.2, 0) is 13.1 Å². The van der Waals surface area contributed by atoms with E-state index in [1.54, 1.807) is 31.3 Å². The topological polar surface area (TPSA) is 96.3 Å². The molecule has 2 aromatic carbocycles. The number of amides is 2. The number of hydrogen-bond donors (Lipinski definition) is 3. The fourth-order valence-corrected chi connectivity index (χ4v) is 4.51. The minimum Gasteiger partial charge on any atom is -0.394 e. The first-order valence-corrected chi connectivity index (χ1v) is 12.4. The number of carbonyl (C=O) groups is 2. The van der Waals surface area contributed by atoms with Gasteiger partial charge < -0.3 is 20.3 Å². The van der Waals surface area contributed by atoms with Gasteiger partial charge in [-0.05, 0) is 54.8 Å². The third-order valence-electron chi connectivity index (χ3n) is 6.21. The number of nitrogens with one attached hydrogen (secondary N) is 2. The van der Waals surface area contributed by atoms with E-state index in [0.29, 0.717) is 34.1 Å². The van der Waals surface area contributed by atoms with Gasteiger partial charge in [0, 0.05) is 41.5 Å². The van der Waals surface area contributed by atoms with Gasteiger partial charge in [0.25, 0.3) is 11.8 Å². The van der Waals surface area contributed by atoms with Gasteiger partial charge in [-0.25, -0.2) is 8.78 Å². The second kappa shape index (κ2) is 11.5. The zero-order valence-electron chi connectivity index (χ0n) is 21.5. The van der Waals surface area contributed by atoms with Crippen LogP contribution in [0.5, 0.6) is 0 Å². The lowest BCUT2D eigenvalue weighted by atomic mass is 10.0. The van der Waals surface area contributed by atoms with Gasteiger partial charge >= 0.3 is 0 Å². The highest BCUT2D eigenvalue weighted by molar-refractivity contribution is 6.10. The fraction of sp³-hybridized carbons (Fsp3) is 0.276. The summed E-state index contributed by atoms with van der Waals surface area (Å²) in [6, 6.07) is 13.4. The number of benzene rings is 2. The van der Waals surface area contributed by atoms with Crippen molar-refractivity contribution >= 4 is 22.7 Å². The average Bonchev–Trinajstić information content (AvgIpc) is 3.21. The predicted octanol–water partition coefficient (Wildman–Crippen LogP) is 4.53. The third kappa shape index (κ3) is 5.89. The van der Waals surface area contributed by atoms with Crippen LogP contribution >= 0.6 is 0 Å². The molecule has 0 spiro atoms. The van der Waals surface area contributed by atoms with Gasteiger partial charge in [0.1, 0.15) is 11.6 Å². The Hall–Kier alpha value is -4.11. The molecule has 9 heteroatoms. The van der Waals surface area contributed by atoms with Crippen LogP contribution in [0.2, 0.25) is 0 Å². The maximum Gasteiger partial charge on any atom is 0.254 e. The Morgan fingerprint density at radius 1 is 1.00 bits per heavy atom. The molecule has 4 aromatic rings. The minimum absolute atomic E-state index is 0.0580. The molecule has 7 nitrogen and oxygen atoms in total. The van der Waals surface area contributed by atoms with Crippen molar-refractivity contribution in [2.24, 2.45) is 0 Å². The van der Waals surface area contributed by atoms with Gasteiger partial charge in [-0.1, -0.05) is 26.0 Å². The summed E-state index contributed by atoms with van der Waals surface area (Å²) in [6.07, 6.45) is 1.69. The van der Waals surface area contributed by atoms with E-state index in [1.807, 2.05) is 36.6 Å². The average molecular weight is 521 g/mol. The molecule has 2 amide bonds. The SMILES string of the molecule is CC(CO)NC(=O)c1ccc2c(C(=O)NCc3cc(F)cc(F)c3)c(C(C)C)n(Cc3ccccn3)c2c1. The smallest absolute Gasteiger partial charge is 0.254 e. The van der Waals surface area contributed by atoms with Gasteiger partial charge in [0.15, 0.2) is 0 Å². The van der Waals surface area contributed by atoms with Crippen molar-refractivity contribution < 1.29 is 23.5 Å². The summed E-state index contributed by atoms with van der Waals surface area (Å²) < 4.78 is 29.3. The first kappa shape index (κ1) is 26.9. The van der Waals surface area contributed by atoms with Crippen LogP contribution in [0.1, 0.15) is 64.4 Å². The third-order valence-corrected chi connectivity index (χ3v) is 6.21. The summed E-state index contributed by atoms with van der Waals surface area (Å²) in [4.78, 5) is 30.8. The molecule has 0 aliphatic heterocycles. The van der Waals surface area contributed by atoms with Gasteiger partial charge in [0.2, 0.25) is 0 Å². The highest BCUT2D eigenvalue weighted by Gasteiger charge is 2.26. The molecule has 4 rings (SSSR count). The molecule has 38 heavy (non-hydrogen) atoms. The molecular weight excluding hydrogens is 490 g/mol. The monoisotopic (exact) mass is 520 g/mol. The molecule has 0 saturated heterocycles. The molecule has 0 aliphatic rings. The Morgan fingerprint density at radius 2 is 1.74 bits per heavy atom. The number of aliphatic hydroxyl groups excluding tert-OH is 1. The number of aliphatic hydroxyl groups is 1. The summed E-state index contributed by atoms with van der Waals surface area (Å²) in [5.74, 6) is -2.25. The lowest BCUT2D eigenvalue weighted by Crippen LogP contribution is -2.34. The summed E-state index contributed by atoms with van der Waals surface area (Å²) in [5.41, 5.74) is 3.31. The first-order valence-electron chi connectivity index (χ1n) is 12.4. The Morgan fingerprint density at radius 3 is 2.37 bits per heavy atom. The van der Waals surface area contributed by atoms with Gasteiger partial charge in [-0.3, -0.25) is 14.6 Å². The highest BCUT2D eigenvalue weighted by atomic mass is 19.1. The molecule has 2 heterocycles. The number of fused-ring (bicyclic) bond motifs is 1. The van der Waals surface area contributed by atoms with Crippen LogP contribution in [0.3, 0.4) is 0 Å². The second-order valence-electron chi connectivity index (χ2n) is 9.57. The summed E-state index contributed by atoms with van der Waals surface area (Å²) in [5, 5.41) is 15.5.